The normalized spacial score (nSPS) is 28.7. The molecule has 0 radical (unpaired) electrons. The molecule has 102 valence electrons. The van der Waals surface area contributed by atoms with E-state index in [1.165, 1.54) is 0 Å². The number of para-hydroxylation sites is 1. The molecule has 0 aliphatic carbocycles. The maximum atomic E-state index is 12.7. The van der Waals surface area contributed by atoms with Gasteiger partial charge in [0.15, 0.2) is 5.78 Å². The molecule has 3 aliphatic rings. The van der Waals surface area contributed by atoms with Gasteiger partial charge in [0.1, 0.15) is 0 Å². The van der Waals surface area contributed by atoms with Gasteiger partial charge in [0, 0.05) is 49.9 Å². The molecule has 1 unspecified atom stereocenters. The highest BCUT2D eigenvalue weighted by Gasteiger charge is 2.36. The minimum atomic E-state index is 0.0143. The van der Waals surface area contributed by atoms with Crippen molar-refractivity contribution in [1.29, 1.82) is 0 Å². The molecule has 3 aliphatic heterocycles. The molecular weight excluding hydrogens is 250 g/mol. The number of piperazine rings is 3. The van der Waals surface area contributed by atoms with Crippen LogP contribution in [0.4, 0.5) is 0 Å². The van der Waals surface area contributed by atoms with Crippen LogP contribution in [-0.2, 0) is 0 Å². The van der Waals surface area contributed by atoms with Crippen LogP contribution in [0.15, 0.2) is 36.5 Å². The third-order valence-corrected chi connectivity index (χ3v) is 4.46. The number of hydrogen-bond donors (Lipinski definition) is 0. The number of fused-ring (bicyclic) bond motifs is 4. The number of Topliss-reactive ketones (excluding diaryl/α,β-unsaturated/α-hetero) is 1. The largest absolute Gasteiger partial charge is 0.299 e. The van der Waals surface area contributed by atoms with Crippen LogP contribution in [0.1, 0.15) is 10.4 Å². The molecule has 1 aromatic carbocycles. The zero-order valence-electron chi connectivity index (χ0n) is 11.3. The highest BCUT2D eigenvalue weighted by Crippen LogP contribution is 2.21. The number of nitrogens with zero attached hydrogens (tertiary/aromatic N) is 3. The second kappa shape index (κ2) is 4.65. The lowest BCUT2D eigenvalue weighted by Gasteiger charge is -2.46. The van der Waals surface area contributed by atoms with E-state index in [1.54, 1.807) is 6.20 Å². The average Bonchev–Trinajstić information content (AvgIpc) is 2.54. The molecule has 0 spiro atoms. The number of rotatable bonds is 2. The number of carbonyl (C=O) groups is 1. The lowest BCUT2D eigenvalue weighted by molar-refractivity contribution is 0.0159. The van der Waals surface area contributed by atoms with Crippen molar-refractivity contribution in [3.63, 3.8) is 0 Å². The maximum Gasteiger partial charge on any atom is 0.182 e. The second-order valence-corrected chi connectivity index (χ2v) is 5.63. The first-order chi connectivity index (χ1) is 9.81. The Balaban J connectivity index is 1.66. The SMILES string of the molecule is O=C(c1cnc2ccccc2c1)C1CN2CCN1CC2. The predicted molar refractivity (Wildman–Crippen MR) is 77.9 cm³/mol. The number of hydrogen-bond acceptors (Lipinski definition) is 4. The first-order valence-electron chi connectivity index (χ1n) is 7.17. The molecule has 2 aromatic rings. The summed E-state index contributed by atoms with van der Waals surface area (Å²) in [5.41, 5.74) is 1.68. The van der Waals surface area contributed by atoms with Gasteiger partial charge < -0.3 is 0 Å². The summed E-state index contributed by atoms with van der Waals surface area (Å²) in [6, 6.07) is 9.92. The van der Waals surface area contributed by atoms with Gasteiger partial charge in [-0.15, -0.1) is 0 Å². The van der Waals surface area contributed by atoms with Crippen molar-refractivity contribution in [2.45, 2.75) is 6.04 Å². The molecule has 0 N–H and O–H groups in total. The van der Waals surface area contributed by atoms with Gasteiger partial charge in [-0.25, -0.2) is 0 Å². The molecule has 0 saturated carbocycles. The Labute approximate surface area is 118 Å². The first kappa shape index (κ1) is 12.0. The van der Waals surface area contributed by atoms with Crippen molar-refractivity contribution < 1.29 is 4.79 Å². The molecule has 1 aromatic heterocycles. The van der Waals surface area contributed by atoms with Crippen LogP contribution >= 0.6 is 0 Å². The van der Waals surface area contributed by atoms with Crippen LogP contribution in [0.25, 0.3) is 10.9 Å². The summed E-state index contributed by atoms with van der Waals surface area (Å²) in [6.45, 7) is 5.08. The van der Waals surface area contributed by atoms with Gasteiger partial charge in [-0.05, 0) is 12.1 Å². The van der Waals surface area contributed by atoms with E-state index < -0.39 is 0 Å². The zero-order chi connectivity index (χ0) is 13.5. The predicted octanol–water partition coefficient (Wildman–Crippen LogP) is 1.42. The second-order valence-electron chi connectivity index (χ2n) is 5.63. The van der Waals surface area contributed by atoms with Crippen molar-refractivity contribution in [3.8, 4) is 0 Å². The lowest BCUT2D eigenvalue weighted by Crippen LogP contribution is -2.63. The lowest BCUT2D eigenvalue weighted by atomic mass is 9.98. The fraction of sp³-hybridized carbons (Fsp3) is 0.375. The molecular formula is C16H17N3O. The fourth-order valence-electron chi connectivity index (χ4n) is 3.26. The minimum absolute atomic E-state index is 0.0143. The van der Waals surface area contributed by atoms with Gasteiger partial charge >= 0.3 is 0 Å². The van der Waals surface area contributed by atoms with Gasteiger partial charge in [0.05, 0.1) is 11.6 Å². The standard InChI is InChI=1S/C16H17N3O/c20-16(15-11-18-5-7-19(15)8-6-18)13-9-12-3-1-2-4-14(12)17-10-13/h1-4,9-10,15H,5-8,11H2. The Hall–Kier alpha value is -1.78. The summed E-state index contributed by atoms with van der Waals surface area (Å²) in [5, 5.41) is 1.04. The van der Waals surface area contributed by atoms with E-state index in [2.05, 4.69) is 14.8 Å². The zero-order valence-corrected chi connectivity index (χ0v) is 11.3. The number of pyridine rings is 1. The van der Waals surface area contributed by atoms with Crippen molar-refractivity contribution in [2.75, 3.05) is 32.7 Å². The molecule has 5 rings (SSSR count). The highest BCUT2D eigenvalue weighted by atomic mass is 16.1. The molecule has 4 nitrogen and oxygen atoms in total. The molecule has 0 amide bonds. The van der Waals surface area contributed by atoms with Gasteiger partial charge in [-0.3, -0.25) is 19.6 Å². The van der Waals surface area contributed by atoms with Crippen LogP contribution in [0.5, 0.6) is 0 Å². The van der Waals surface area contributed by atoms with E-state index in [0.29, 0.717) is 0 Å². The molecule has 3 saturated heterocycles. The topological polar surface area (TPSA) is 36.4 Å². The average molecular weight is 267 g/mol. The van der Waals surface area contributed by atoms with E-state index in [4.69, 9.17) is 0 Å². The quantitative estimate of drug-likeness (QED) is 0.771. The molecule has 2 bridgehead atoms. The number of benzene rings is 1. The van der Waals surface area contributed by atoms with E-state index in [1.807, 2.05) is 30.3 Å². The summed E-state index contributed by atoms with van der Waals surface area (Å²) >= 11 is 0. The van der Waals surface area contributed by atoms with Crippen LogP contribution in [0, 0.1) is 0 Å². The van der Waals surface area contributed by atoms with Crippen molar-refractivity contribution in [2.24, 2.45) is 0 Å². The summed E-state index contributed by atoms with van der Waals surface area (Å²) in [5.74, 6) is 0.215. The Morgan fingerprint density at radius 2 is 1.95 bits per heavy atom. The van der Waals surface area contributed by atoms with Gasteiger partial charge in [-0.1, -0.05) is 18.2 Å². The number of aromatic nitrogens is 1. The number of carbonyl (C=O) groups excluding carboxylic acids is 1. The van der Waals surface area contributed by atoms with Crippen molar-refractivity contribution in [1.82, 2.24) is 14.8 Å². The summed E-state index contributed by atoms with van der Waals surface area (Å²) in [6.07, 6.45) is 1.73. The highest BCUT2D eigenvalue weighted by molar-refractivity contribution is 6.02. The summed E-state index contributed by atoms with van der Waals surface area (Å²) < 4.78 is 0. The molecule has 1 atom stereocenters. The van der Waals surface area contributed by atoms with E-state index >= 15 is 0 Å². The maximum absolute atomic E-state index is 12.7. The fourth-order valence-corrected chi connectivity index (χ4v) is 3.26. The Bertz CT molecular complexity index is 662. The molecule has 4 heterocycles. The van der Waals surface area contributed by atoms with E-state index in [0.717, 1.165) is 49.2 Å². The van der Waals surface area contributed by atoms with Crippen molar-refractivity contribution >= 4 is 16.7 Å². The summed E-state index contributed by atoms with van der Waals surface area (Å²) in [7, 11) is 0. The van der Waals surface area contributed by atoms with Crippen LogP contribution in [-0.4, -0.2) is 59.3 Å². The monoisotopic (exact) mass is 267 g/mol. The Kier molecular flexibility index (Phi) is 2.79. The molecule has 3 fully saturated rings. The van der Waals surface area contributed by atoms with Crippen LogP contribution in [0.2, 0.25) is 0 Å². The minimum Gasteiger partial charge on any atom is -0.299 e. The molecule has 4 heteroatoms. The smallest absolute Gasteiger partial charge is 0.182 e. The third kappa shape index (κ3) is 1.92. The van der Waals surface area contributed by atoms with Gasteiger partial charge in [-0.2, -0.15) is 0 Å². The van der Waals surface area contributed by atoms with Gasteiger partial charge in [0.25, 0.3) is 0 Å². The van der Waals surface area contributed by atoms with E-state index in [9.17, 15) is 4.79 Å². The Morgan fingerprint density at radius 1 is 1.15 bits per heavy atom. The van der Waals surface area contributed by atoms with Crippen molar-refractivity contribution in [3.05, 3.63) is 42.1 Å². The third-order valence-electron chi connectivity index (χ3n) is 4.46. The number of ketones is 1. The summed E-state index contributed by atoms with van der Waals surface area (Å²) in [4.78, 5) is 21.8. The first-order valence-corrected chi connectivity index (χ1v) is 7.17. The van der Waals surface area contributed by atoms with Crippen LogP contribution in [0.3, 0.4) is 0 Å². The van der Waals surface area contributed by atoms with Crippen LogP contribution < -0.4 is 0 Å². The van der Waals surface area contributed by atoms with Gasteiger partial charge in [0.2, 0.25) is 0 Å². The molecule has 20 heavy (non-hydrogen) atoms. The Morgan fingerprint density at radius 3 is 2.70 bits per heavy atom. The van der Waals surface area contributed by atoms with E-state index in [-0.39, 0.29) is 11.8 Å².